The minimum absolute atomic E-state index is 0.185. The van der Waals surface area contributed by atoms with Crippen LogP contribution in [0.4, 0.5) is 5.82 Å². The van der Waals surface area contributed by atoms with E-state index >= 15 is 0 Å². The summed E-state index contributed by atoms with van der Waals surface area (Å²) in [6, 6.07) is 3.47. The molecule has 0 fully saturated rings. The van der Waals surface area contributed by atoms with E-state index in [0.717, 1.165) is 4.47 Å². The van der Waals surface area contributed by atoms with E-state index in [4.69, 9.17) is 10.2 Å². The van der Waals surface area contributed by atoms with Gasteiger partial charge in [0.1, 0.15) is 5.82 Å². The highest BCUT2D eigenvalue weighted by molar-refractivity contribution is 9.10. The fraction of sp³-hybridized carbons (Fsp3) is 0.400. The number of carbonyl (C=O) groups excluding carboxylic acids is 1. The van der Waals surface area contributed by atoms with Crippen LogP contribution in [-0.2, 0) is 4.79 Å². The van der Waals surface area contributed by atoms with Crippen molar-refractivity contribution in [2.75, 3.05) is 23.4 Å². The Morgan fingerprint density at radius 3 is 2.94 bits per heavy atom. The second-order valence-corrected chi connectivity index (χ2v) is 5.21. The number of hydrogen-bond acceptors (Lipinski definition) is 5. The predicted octanol–water partition coefficient (Wildman–Crippen LogP) is 0.869. The van der Waals surface area contributed by atoms with Gasteiger partial charge in [-0.1, -0.05) is 0 Å². The number of thioether (sulfide) groups is 1. The van der Waals surface area contributed by atoms with Gasteiger partial charge in [0.15, 0.2) is 0 Å². The van der Waals surface area contributed by atoms with Crippen LogP contribution < -0.4 is 5.32 Å². The van der Waals surface area contributed by atoms with E-state index in [9.17, 15) is 4.79 Å². The van der Waals surface area contributed by atoms with Crippen molar-refractivity contribution in [1.82, 2.24) is 4.98 Å². The number of halogens is 1. The molecule has 0 radical (unpaired) electrons. The van der Waals surface area contributed by atoms with Crippen molar-refractivity contribution in [3.05, 3.63) is 22.8 Å². The van der Waals surface area contributed by atoms with Gasteiger partial charge in [0.2, 0.25) is 5.91 Å². The van der Waals surface area contributed by atoms with Gasteiger partial charge < -0.3 is 15.5 Å². The molecule has 0 spiro atoms. The van der Waals surface area contributed by atoms with Gasteiger partial charge in [0.05, 0.1) is 18.5 Å². The van der Waals surface area contributed by atoms with Crippen molar-refractivity contribution in [2.45, 2.75) is 6.10 Å². The van der Waals surface area contributed by atoms with E-state index in [0.29, 0.717) is 11.6 Å². The van der Waals surface area contributed by atoms with Crippen LogP contribution in [0.25, 0.3) is 0 Å². The second-order valence-electron chi connectivity index (χ2n) is 3.26. The summed E-state index contributed by atoms with van der Waals surface area (Å²) in [4.78, 5) is 15.4. The molecule has 1 amide bonds. The zero-order chi connectivity index (χ0) is 12.7. The van der Waals surface area contributed by atoms with Crippen molar-refractivity contribution in [1.29, 1.82) is 0 Å². The number of amides is 1. The van der Waals surface area contributed by atoms with Gasteiger partial charge in [0, 0.05) is 16.4 Å². The number of aromatic nitrogens is 1. The number of pyridine rings is 1. The molecule has 0 saturated heterocycles. The highest BCUT2D eigenvalue weighted by atomic mass is 79.9. The Morgan fingerprint density at radius 1 is 1.59 bits per heavy atom. The summed E-state index contributed by atoms with van der Waals surface area (Å²) in [7, 11) is 0. The number of carbonyl (C=O) groups is 1. The van der Waals surface area contributed by atoms with Crippen molar-refractivity contribution in [3.8, 4) is 0 Å². The molecule has 0 aliphatic carbocycles. The average molecular weight is 321 g/mol. The molecule has 0 bridgehead atoms. The first-order valence-corrected chi connectivity index (χ1v) is 6.84. The summed E-state index contributed by atoms with van der Waals surface area (Å²) in [5.41, 5.74) is 0. The van der Waals surface area contributed by atoms with Crippen molar-refractivity contribution >= 4 is 39.4 Å². The highest BCUT2D eigenvalue weighted by Crippen LogP contribution is 2.11. The maximum atomic E-state index is 11.4. The molecule has 3 N–H and O–H groups in total. The van der Waals surface area contributed by atoms with Crippen LogP contribution in [0.15, 0.2) is 22.8 Å². The number of aliphatic hydroxyl groups is 2. The molecule has 1 atom stereocenters. The third-order valence-corrected chi connectivity index (χ3v) is 3.30. The van der Waals surface area contributed by atoms with Crippen LogP contribution in [0.1, 0.15) is 0 Å². The Bertz CT molecular complexity index is 361. The largest absolute Gasteiger partial charge is 0.394 e. The van der Waals surface area contributed by atoms with Crippen LogP contribution in [0.3, 0.4) is 0 Å². The van der Waals surface area contributed by atoms with Crippen LogP contribution >= 0.6 is 27.7 Å². The molecule has 1 heterocycles. The maximum absolute atomic E-state index is 11.4. The molecule has 1 aromatic rings. The quantitative estimate of drug-likeness (QED) is 0.724. The van der Waals surface area contributed by atoms with Crippen molar-refractivity contribution in [2.24, 2.45) is 0 Å². The topological polar surface area (TPSA) is 82.5 Å². The maximum Gasteiger partial charge on any atom is 0.235 e. The van der Waals surface area contributed by atoms with Gasteiger partial charge in [0.25, 0.3) is 0 Å². The Hall–Kier alpha value is -0.630. The van der Waals surface area contributed by atoms with E-state index in [1.54, 1.807) is 18.3 Å². The fourth-order valence-corrected chi connectivity index (χ4v) is 1.96. The number of aliphatic hydroxyl groups excluding tert-OH is 2. The number of nitrogens with zero attached hydrogens (tertiary/aromatic N) is 1. The third kappa shape index (κ3) is 6.02. The second kappa shape index (κ2) is 7.65. The Morgan fingerprint density at radius 2 is 2.35 bits per heavy atom. The van der Waals surface area contributed by atoms with Gasteiger partial charge >= 0.3 is 0 Å². The van der Waals surface area contributed by atoms with Crippen LogP contribution in [0.2, 0.25) is 0 Å². The Kier molecular flexibility index (Phi) is 6.49. The molecule has 17 heavy (non-hydrogen) atoms. The summed E-state index contributed by atoms with van der Waals surface area (Å²) in [5, 5.41) is 20.3. The summed E-state index contributed by atoms with van der Waals surface area (Å²) < 4.78 is 0.843. The van der Waals surface area contributed by atoms with Crippen LogP contribution in [0, 0.1) is 0 Å². The smallest absolute Gasteiger partial charge is 0.235 e. The number of nitrogens with one attached hydrogen (secondary N) is 1. The Balaban J connectivity index is 2.27. The van der Waals surface area contributed by atoms with Gasteiger partial charge in [-0.25, -0.2) is 4.98 Å². The van der Waals surface area contributed by atoms with Crippen LogP contribution in [-0.4, -0.2) is 45.3 Å². The molecule has 1 unspecified atom stereocenters. The lowest BCUT2D eigenvalue weighted by Gasteiger charge is -2.07. The standard InChI is InChI=1S/C10H13BrN2O3S/c11-7-1-2-9(12-3-7)13-10(16)6-17-5-8(15)4-14/h1-3,8,14-15H,4-6H2,(H,12,13,16). The SMILES string of the molecule is O=C(CSCC(O)CO)Nc1ccc(Br)cn1. The number of anilines is 1. The molecule has 0 aromatic carbocycles. The minimum atomic E-state index is -0.779. The predicted molar refractivity (Wildman–Crippen MR) is 71.0 cm³/mol. The fourth-order valence-electron chi connectivity index (χ4n) is 0.969. The minimum Gasteiger partial charge on any atom is -0.394 e. The first-order chi connectivity index (χ1) is 8.11. The van der Waals surface area contributed by atoms with E-state index in [1.165, 1.54) is 11.8 Å². The monoisotopic (exact) mass is 320 g/mol. The summed E-state index contributed by atoms with van der Waals surface area (Å²) in [6.45, 7) is -0.289. The summed E-state index contributed by atoms with van der Waals surface area (Å²) in [6.07, 6.45) is 0.816. The lowest BCUT2D eigenvalue weighted by Crippen LogP contribution is -2.19. The van der Waals surface area contributed by atoms with Gasteiger partial charge in [-0.2, -0.15) is 0 Å². The molecule has 0 aliphatic rings. The molecular formula is C10H13BrN2O3S. The van der Waals surface area contributed by atoms with E-state index in [2.05, 4.69) is 26.2 Å². The summed E-state index contributed by atoms with van der Waals surface area (Å²) in [5.74, 6) is 0.850. The lowest BCUT2D eigenvalue weighted by atomic mass is 10.4. The van der Waals surface area contributed by atoms with E-state index in [1.807, 2.05) is 0 Å². The molecule has 94 valence electrons. The molecule has 1 rings (SSSR count). The van der Waals surface area contributed by atoms with Crippen molar-refractivity contribution in [3.63, 3.8) is 0 Å². The van der Waals surface area contributed by atoms with E-state index < -0.39 is 6.10 Å². The summed E-state index contributed by atoms with van der Waals surface area (Å²) >= 11 is 4.50. The Labute approximate surface area is 112 Å². The molecule has 7 heteroatoms. The average Bonchev–Trinajstić information content (AvgIpc) is 2.32. The zero-order valence-corrected chi connectivity index (χ0v) is 11.4. The molecule has 0 saturated carbocycles. The lowest BCUT2D eigenvalue weighted by molar-refractivity contribution is -0.113. The normalized spacial score (nSPS) is 12.2. The van der Waals surface area contributed by atoms with Gasteiger partial charge in [-0.3, -0.25) is 4.79 Å². The molecule has 1 aromatic heterocycles. The van der Waals surface area contributed by atoms with Gasteiger partial charge in [-0.05, 0) is 28.1 Å². The highest BCUT2D eigenvalue weighted by Gasteiger charge is 2.06. The van der Waals surface area contributed by atoms with Crippen LogP contribution in [0.5, 0.6) is 0 Å². The van der Waals surface area contributed by atoms with Gasteiger partial charge in [-0.15, -0.1) is 11.8 Å². The first-order valence-electron chi connectivity index (χ1n) is 4.90. The molecular weight excluding hydrogens is 308 g/mol. The first kappa shape index (κ1) is 14.4. The third-order valence-electron chi connectivity index (χ3n) is 1.75. The van der Waals surface area contributed by atoms with E-state index in [-0.39, 0.29) is 18.3 Å². The number of rotatable bonds is 6. The molecule has 5 nitrogen and oxygen atoms in total. The number of hydrogen-bond donors (Lipinski definition) is 3. The van der Waals surface area contributed by atoms with Crippen molar-refractivity contribution < 1.29 is 15.0 Å². The zero-order valence-electron chi connectivity index (χ0n) is 8.97. The molecule has 0 aliphatic heterocycles.